The monoisotopic (exact) mass is 491 g/mol. The first kappa shape index (κ1) is 22.4. The number of aromatic nitrogens is 4. The third-order valence-electron chi connectivity index (χ3n) is 6.37. The van der Waals surface area contributed by atoms with E-state index < -0.39 is 15.9 Å². The SMILES string of the molecule is Cn1ccc(NC(=O)C(CC2CCOCC2)n2ncc3c(S(=O)(=O)C4CC4)cc(Cl)cc32)n1. The summed E-state index contributed by atoms with van der Waals surface area (Å²) in [6.07, 6.45) is 6.86. The molecule has 0 spiro atoms. The zero-order valence-electron chi connectivity index (χ0n) is 18.3. The zero-order chi connectivity index (χ0) is 23.2. The van der Waals surface area contributed by atoms with E-state index in [2.05, 4.69) is 15.5 Å². The molecule has 3 aromatic rings. The van der Waals surface area contributed by atoms with Crippen molar-refractivity contribution in [2.24, 2.45) is 13.0 Å². The van der Waals surface area contributed by atoms with E-state index in [9.17, 15) is 13.2 Å². The van der Waals surface area contributed by atoms with Gasteiger partial charge in [-0.1, -0.05) is 11.6 Å². The van der Waals surface area contributed by atoms with Crippen LogP contribution in [0.25, 0.3) is 10.9 Å². The fraction of sp³-hybridized carbons (Fsp3) is 0.500. The molecule has 9 nitrogen and oxygen atoms in total. The number of hydrogen-bond acceptors (Lipinski definition) is 6. The molecule has 2 aromatic heterocycles. The summed E-state index contributed by atoms with van der Waals surface area (Å²) in [5, 5.41) is 12.1. The molecule has 2 fully saturated rings. The van der Waals surface area contributed by atoms with Gasteiger partial charge in [-0.25, -0.2) is 8.42 Å². The summed E-state index contributed by atoms with van der Waals surface area (Å²) in [5.41, 5.74) is 0.537. The number of nitrogens with zero attached hydrogens (tertiary/aromatic N) is 4. The van der Waals surface area contributed by atoms with Crippen LogP contribution in [0.15, 0.2) is 35.5 Å². The normalized spacial score (nSPS) is 18.5. The van der Waals surface area contributed by atoms with Crippen molar-refractivity contribution in [3.8, 4) is 0 Å². The molecule has 2 aliphatic rings. The summed E-state index contributed by atoms with van der Waals surface area (Å²) in [7, 11) is -1.71. The lowest BCUT2D eigenvalue weighted by Gasteiger charge is -2.26. The van der Waals surface area contributed by atoms with E-state index in [1.807, 2.05) is 0 Å². The Balaban J connectivity index is 1.55. The summed E-state index contributed by atoms with van der Waals surface area (Å²) < 4.78 is 34.8. The van der Waals surface area contributed by atoms with Gasteiger partial charge in [0.2, 0.25) is 5.91 Å². The van der Waals surface area contributed by atoms with Crippen molar-refractivity contribution in [3.05, 3.63) is 35.6 Å². The quantitative estimate of drug-likeness (QED) is 0.543. The molecule has 5 rings (SSSR count). The maximum atomic E-state index is 13.4. The third-order valence-corrected chi connectivity index (χ3v) is 8.89. The van der Waals surface area contributed by atoms with Gasteiger partial charge >= 0.3 is 0 Å². The van der Waals surface area contributed by atoms with E-state index >= 15 is 0 Å². The van der Waals surface area contributed by atoms with Gasteiger partial charge in [-0.2, -0.15) is 10.2 Å². The number of fused-ring (bicyclic) bond motifs is 1. The highest BCUT2D eigenvalue weighted by atomic mass is 35.5. The van der Waals surface area contributed by atoms with Crippen LogP contribution >= 0.6 is 11.6 Å². The van der Waals surface area contributed by atoms with Crippen LogP contribution in [0.1, 0.15) is 38.1 Å². The molecule has 0 radical (unpaired) electrons. The molecule has 33 heavy (non-hydrogen) atoms. The van der Waals surface area contributed by atoms with Gasteiger partial charge in [-0.3, -0.25) is 14.2 Å². The number of rotatable bonds is 7. The molecule has 1 aliphatic heterocycles. The van der Waals surface area contributed by atoms with Crippen LogP contribution in [0.2, 0.25) is 5.02 Å². The average Bonchev–Trinajstić information content (AvgIpc) is 3.47. The van der Waals surface area contributed by atoms with Gasteiger partial charge in [0.15, 0.2) is 15.7 Å². The topological polar surface area (TPSA) is 108 Å². The Kier molecular flexibility index (Phi) is 5.92. The number of aryl methyl sites for hydroxylation is 1. The Morgan fingerprint density at radius 1 is 1.27 bits per heavy atom. The first-order valence-electron chi connectivity index (χ1n) is 11.1. The van der Waals surface area contributed by atoms with Crippen LogP contribution in [0.4, 0.5) is 5.82 Å². The molecule has 1 aromatic carbocycles. The molecule has 1 amide bonds. The number of amides is 1. The fourth-order valence-corrected chi connectivity index (χ4v) is 6.58. The second kappa shape index (κ2) is 8.73. The van der Waals surface area contributed by atoms with Crippen molar-refractivity contribution < 1.29 is 17.9 Å². The highest BCUT2D eigenvalue weighted by Crippen LogP contribution is 2.39. The highest BCUT2D eigenvalue weighted by Gasteiger charge is 2.39. The molecule has 3 heterocycles. The Labute approximate surface area is 197 Å². The molecule has 1 saturated heterocycles. The van der Waals surface area contributed by atoms with E-state index in [1.165, 1.54) is 12.3 Å². The largest absolute Gasteiger partial charge is 0.381 e. The predicted molar refractivity (Wildman–Crippen MR) is 124 cm³/mol. The van der Waals surface area contributed by atoms with Gasteiger partial charge in [0, 0.05) is 42.9 Å². The van der Waals surface area contributed by atoms with Crippen molar-refractivity contribution in [1.82, 2.24) is 19.6 Å². The van der Waals surface area contributed by atoms with Crippen molar-refractivity contribution in [2.75, 3.05) is 18.5 Å². The minimum atomic E-state index is -3.49. The van der Waals surface area contributed by atoms with Crippen LogP contribution in [-0.2, 0) is 26.4 Å². The Hall–Kier alpha value is -2.43. The number of carbonyl (C=O) groups excluding carboxylic acids is 1. The number of sulfone groups is 1. The number of benzene rings is 1. The van der Waals surface area contributed by atoms with Gasteiger partial charge in [0.05, 0.1) is 21.9 Å². The number of anilines is 1. The summed E-state index contributed by atoms with van der Waals surface area (Å²) in [4.78, 5) is 13.6. The molecule has 1 saturated carbocycles. The Morgan fingerprint density at radius 3 is 2.70 bits per heavy atom. The second-order valence-electron chi connectivity index (χ2n) is 8.84. The maximum absolute atomic E-state index is 13.4. The fourth-order valence-electron chi connectivity index (χ4n) is 4.43. The standard InChI is InChI=1S/C22H26ClN5O4S/c1-27-7-4-21(26-27)25-22(29)19(10-14-5-8-32-9-6-14)28-18-11-15(23)12-20(17(18)13-24-28)33(30,31)16-2-3-16/h4,7,11-14,16,19H,2-3,5-6,8-10H2,1H3,(H,25,26,29). The molecule has 0 bridgehead atoms. The van der Waals surface area contributed by atoms with E-state index in [0.29, 0.717) is 54.2 Å². The van der Waals surface area contributed by atoms with Crippen LogP contribution in [0.3, 0.4) is 0 Å². The minimum absolute atomic E-state index is 0.189. The smallest absolute Gasteiger partial charge is 0.250 e. The van der Waals surface area contributed by atoms with Crippen LogP contribution in [-0.4, -0.2) is 52.3 Å². The van der Waals surface area contributed by atoms with Crippen LogP contribution in [0.5, 0.6) is 0 Å². The van der Waals surface area contributed by atoms with Gasteiger partial charge < -0.3 is 10.1 Å². The molecule has 11 heteroatoms. The number of halogens is 1. The molecule has 1 unspecified atom stereocenters. The molecule has 1 aliphatic carbocycles. The van der Waals surface area contributed by atoms with Gasteiger partial charge in [0.25, 0.3) is 0 Å². The van der Waals surface area contributed by atoms with Crippen molar-refractivity contribution in [3.63, 3.8) is 0 Å². The van der Waals surface area contributed by atoms with Crippen molar-refractivity contribution in [1.29, 1.82) is 0 Å². The first-order chi connectivity index (χ1) is 15.8. The predicted octanol–water partition coefficient (Wildman–Crippen LogP) is 3.36. The van der Waals surface area contributed by atoms with Gasteiger partial charge in [0.1, 0.15) is 6.04 Å². The number of ether oxygens (including phenoxy) is 1. The summed E-state index contributed by atoms with van der Waals surface area (Å²) in [6.45, 7) is 1.32. The zero-order valence-corrected chi connectivity index (χ0v) is 19.8. The first-order valence-corrected chi connectivity index (χ1v) is 13.0. The second-order valence-corrected chi connectivity index (χ2v) is 11.5. The molecule has 1 N–H and O–H groups in total. The lowest BCUT2D eigenvalue weighted by atomic mass is 9.92. The van der Waals surface area contributed by atoms with Crippen LogP contribution in [0, 0.1) is 5.92 Å². The van der Waals surface area contributed by atoms with Gasteiger partial charge in [-0.15, -0.1) is 0 Å². The van der Waals surface area contributed by atoms with Crippen LogP contribution < -0.4 is 5.32 Å². The summed E-state index contributed by atoms with van der Waals surface area (Å²) in [6, 6.07) is 4.25. The van der Waals surface area contributed by atoms with E-state index in [1.54, 1.807) is 34.7 Å². The number of carbonyl (C=O) groups is 1. The molecule has 176 valence electrons. The van der Waals surface area contributed by atoms with E-state index in [-0.39, 0.29) is 22.0 Å². The van der Waals surface area contributed by atoms with Crippen molar-refractivity contribution in [2.45, 2.75) is 48.3 Å². The molecule has 1 atom stereocenters. The molecular weight excluding hydrogens is 466 g/mol. The van der Waals surface area contributed by atoms with Crippen molar-refractivity contribution >= 4 is 44.1 Å². The summed E-state index contributed by atoms with van der Waals surface area (Å²) >= 11 is 6.36. The van der Waals surface area contributed by atoms with Gasteiger partial charge in [-0.05, 0) is 50.2 Å². The molecular formula is C22H26ClN5O4S. The third kappa shape index (κ3) is 4.51. The number of nitrogens with one attached hydrogen (secondary N) is 1. The summed E-state index contributed by atoms with van der Waals surface area (Å²) in [5.74, 6) is 0.481. The Morgan fingerprint density at radius 2 is 2.03 bits per heavy atom. The lowest BCUT2D eigenvalue weighted by Crippen LogP contribution is -2.30. The minimum Gasteiger partial charge on any atom is -0.381 e. The lowest BCUT2D eigenvalue weighted by molar-refractivity contribution is -0.120. The van der Waals surface area contributed by atoms with E-state index in [4.69, 9.17) is 16.3 Å². The average molecular weight is 492 g/mol. The number of hydrogen-bond donors (Lipinski definition) is 1. The van der Waals surface area contributed by atoms with E-state index in [0.717, 1.165) is 12.8 Å². The highest BCUT2D eigenvalue weighted by molar-refractivity contribution is 7.92. The maximum Gasteiger partial charge on any atom is 0.250 e. The Bertz CT molecular complexity index is 1290.